The molecule has 117 valence electrons. The molecule has 0 aliphatic heterocycles. The molecule has 1 radical (unpaired) electrons. The molecule has 4 heteroatoms. The van der Waals surface area contributed by atoms with Gasteiger partial charge in [-0.25, -0.2) is 0 Å². The highest BCUT2D eigenvalue weighted by molar-refractivity contribution is 6.31. The van der Waals surface area contributed by atoms with Gasteiger partial charge in [0.15, 0.2) is 0 Å². The molecule has 0 saturated heterocycles. The van der Waals surface area contributed by atoms with Crippen LogP contribution in [0.1, 0.15) is 15.9 Å². The Labute approximate surface area is 144 Å². The van der Waals surface area contributed by atoms with Gasteiger partial charge in [-0.3, -0.25) is 4.79 Å². The topological polar surface area (TPSA) is 48.0 Å². The third-order valence-electron chi connectivity index (χ3n) is 4.26. The van der Waals surface area contributed by atoms with Crippen LogP contribution in [0.4, 0.5) is 0 Å². The lowest BCUT2D eigenvalue weighted by Gasteiger charge is -2.09. The Balaban J connectivity index is 2.06. The zero-order chi connectivity index (χ0) is 16.7. The number of primary amides is 1. The Morgan fingerprint density at radius 1 is 1.04 bits per heavy atom. The van der Waals surface area contributed by atoms with Gasteiger partial charge in [0.05, 0.1) is 11.0 Å². The number of halogens is 1. The molecule has 4 aromatic rings. The van der Waals surface area contributed by atoms with Crippen molar-refractivity contribution in [1.82, 2.24) is 4.57 Å². The molecule has 3 aromatic carbocycles. The van der Waals surface area contributed by atoms with Crippen LogP contribution in [0.15, 0.2) is 60.7 Å². The summed E-state index contributed by atoms with van der Waals surface area (Å²) in [6.07, 6.45) is 0. The Kier molecular flexibility index (Phi) is 3.51. The maximum absolute atomic E-state index is 11.9. The van der Waals surface area contributed by atoms with Crippen LogP contribution in [0.2, 0.25) is 5.02 Å². The number of amides is 1. The lowest BCUT2D eigenvalue weighted by molar-refractivity contribution is 0.100. The van der Waals surface area contributed by atoms with Crippen LogP contribution in [-0.2, 0) is 6.54 Å². The predicted octanol–water partition coefficient (Wildman–Crippen LogP) is 4.40. The van der Waals surface area contributed by atoms with E-state index in [-0.39, 0.29) is 0 Å². The minimum absolute atomic E-state index is 0.436. The van der Waals surface area contributed by atoms with E-state index >= 15 is 0 Å². The second-order valence-electron chi connectivity index (χ2n) is 5.67. The average molecular weight is 334 g/mol. The fourth-order valence-electron chi connectivity index (χ4n) is 3.18. The number of hydrogen-bond acceptors (Lipinski definition) is 1. The largest absolute Gasteiger partial charge is 0.366 e. The van der Waals surface area contributed by atoms with Gasteiger partial charge in [0, 0.05) is 27.9 Å². The van der Waals surface area contributed by atoms with Crippen LogP contribution in [0.5, 0.6) is 0 Å². The van der Waals surface area contributed by atoms with Crippen molar-refractivity contribution in [2.75, 3.05) is 0 Å². The first-order chi connectivity index (χ1) is 11.7. The van der Waals surface area contributed by atoms with Crippen molar-refractivity contribution in [3.8, 4) is 0 Å². The van der Waals surface area contributed by atoms with Crippen LogP contribution in [0.3, 0.4) is 0 Å². The minimum Gasteiger partial charge on any atom is -0.366 e. The number of nitrogens with zero attached hydrogens (tertiary/aromatic N) is 1. The molecule has 0 atom stereocenters. The number of hydrogen-bond donors (Lipinski definition) is 1. The van der Waals surface area contributed by atoms with Gasteiger partial charge >= 0.3 is 0 Å². The Hall–Kier alpha value is -2.78. The number of nitrogens with two attached hydrogens (primary N) is 1. The summed E-state index contributed by atoms with van der Waals surface area (Å²) in [5.74, 6) is -0.436. The summed E-state index contributed by atoms with van der Waals surface area (Å²) in [5, 5.41) is 2.46. The zero-order valence-corrected chi connectivity index (χ0v) is 13.5. The van der Waals surface area contributed by atoms with E-state index < -0.39 is 5.91 Å². The molecule has 0 fully saturated rings. The van der Waals surface area contributed by atoms with E-state index in [9.17, 15) is 4.79 Å². The summed E-state index contributed by atoms with van der Waals surface area (Å²) in [6, 6.07) is 22.4. The van der Waals surface area contributed by atoms with E-state index in [4.69, 9.17) is 17.3 Å². The smallest absolute Gasteiger partial charge is 0.249 e. The van der Waals surface area contributed by atoms with E-state index in [2.05, 4.69) is 10.6 Å². The highest BCUT2D eigenvalue weighted by Gasteiger charge is 2.16. The van der Waals surface area contributed by atoms with E-state index in [1.807, 2.05) is 54.6 Å². The molecule has 0 unspecified atom stereocenters. The van der Waals surface area contributed by atoms with Gasteiger partial charge in [0.25, 0.3) is 0 Å². The number of fused-ring (bicyclic) bond motifs is 3. The summed E-state index contributed by atoms with van der Waals surface area (Å²) in [6.45, 7) is 0.611. The molecule has 1 amide bonds. The first kappa shape index (κ1) is 14.8. The van der Waals surface area contributed by atoms with Crippen molar-refractivity contribution in [3.63, 3.8) is 0 Å². The quantitative estimate of drug-likeness (QED) is 0.593. The normalized spacial score (nSPS) is 11.2. The lowest BCUT2D eigenvalue weighted by atomic mass is 10.1. The van der Waals surface area contributed by atoms with Crippen molar-refractivity contribution >= 4 is 39.3 Å². The van der Waals surface area contributed by atoms with Gasteiger partial charge in [-0.1, -0.05) is 48.0 Å². The molecule has 2 N–H and O–H groups in total. The fraction of sp³-hybridized carbons (Fsp3) is 0.0500. The van der Waals surface area contributed by atoms with Gasteiger partial charge < -0.3 is 10.3 Å². The van der Waals surface area contributed by atoms with Crippen molar-refractivity contribution < 1.29 is 4.79 Å². The second kappa shape index (κ2) is 5.69. The molecule has 0 bridgehead atoms. The summed E-state index contributed by atoms with van der Waals surface area (Å²) in [4.78, 5) is 11.9. The van der Waals surface area contributed by atoms with E-state index in [0.717, 1.165) is 32.4 Å². The Morgan fingerprint density at radius 2 is 1.83 bits per heavy atom. The number of rotatable bonds is 3. The maximum Gasteiger partial charge on any atom is 0.249 e. The molecular weight excluding hydrogens is 320 g/mol. The van der Waals surface area contributed by atoms with Crippen LogP contribution in [0, 0.1) is 6.07 Å². The highest BCUT2D eigenvalue weighted by Crippen LogP contribution is 2.32. The zero-order valence-electron chi connectivity index (χ0n) is 12.8. The van der Waals surface area contributed by atoms with Gasteiger partial charge in [0.2, 0.25) is 5.91 Å². The number of carbonyl (C=O) groups is 1. The van der Waals surface area contributed by atoms with E-state index in [0.29, 0.717) is 12.1 Å². The minimum atomic E-state index is -0.436. The molecule has 1 heterocycles. The van der Waals surface area contributed by atoms with Gasteiger partial charge in [-0.2, -0.15) is 0 Å². The summed E-state index contributed by atoms with van der Waals surface area (Å²) < 4.78 is 2.15. The van der Waals surface area contributed by atoms with Crippen LogP contribution in [-0.4, -0.2) is 10.5 Å². The lowest BCUT2D eigenvalue weighted by Crippen LogP contribution is -2.11. The number of benzene rings is 3. The van der Waals surface area contributed by atoms with Gasteiger partial charge in [-0.15, -0.1) is 0 Å². The molecule has 24 heavy (non-hydrogen) atoms. The molecule has 0 aliphatic carbocycles. The molecule has 0 spiro atoms. The molecule has 0 saturated carbocycles. The monoisotopic (exact) mass is 333 g/mol. The Bertz CT molecular complexity index is 1080. The standard InChI is InChI=1S/C20H14ClN2O/c21-16-9-3-1-6-13(16)12-23-17-10-4-2-7-14(17)19-15(20(22)24)8-5-11-18(19)23/h1-6,8-11H,12H2,(H2,22,24). The van der Waals surface area contributed by atoms with E-state index in [1.165, 1.54) is 0 Å². The maximum atomic E-state index is 11.9. The summed E-state index contributed by atoms with van der Waals surface area (Å²) in [5.41, 5.74) is 9.05. The molecule has 3 nitrogen and oxygen atoms in total. The van der Waals surface area contributed by atoms with Crippen molar-refractivity contribution in [2.24, 2.45) is 5.73 Å². The SMILES string of the molecule is NC(=O)c1cccc2c1c1[c]cccc1n2Cc1ccccc1Cl. The van der Waals surface area contributed by atoms with Crippen molar-refractivity contribution in [1.29, 1.82) is 0 Å². The summed E-state index contributed by atoms with van der Waals surface area (Å²) >= 11 is 6.33. The molecular formula is C20H14ClN2O. The Morgan fingerprint density at radius 3 is 2.62 bits per heavy atom. The second-order valence-corrected chi connectivity index (χ2v) is 6.08. The molecule has 1 aromatic heterocycles. The molecule has 4 rings (SSSR count). The predicted molar refractivity (Wildman–Crippen MR) is 97.4 cm³/mol. The van der Waals surface area contributed by atoms with Crippen LogP contribution >= 0.6 is 11.6 Å². The summed E-state index contributed by atoms with van der Waals surface area (Å²) in [7, 11) is 0. The fourth-order valence-corrected chi connectivity index (χ4v) is 3.38. The first-order valence-electron chi connectivity index (χ1n) is 7.61. The van der Waals surface area contributed by atoms with Crippen LogP contribution < -0.4 is 5.73 Å². The van der Waals surface area contributed by atoms with Crippen molar-refractivity contribution in [3.05, 3.63) is 82.9 Å². The highest BCUT2D eigenvalue weighted by atomic mass is 35.5. The average Bonchev–Trinajstić information content (AvgIpc) is 2.91. The number of carbonyl (C=O) groups excluding carboxylic acids is 1. The third kappa shape index (κ3) is 2.25. The molecule has 0 aliphatic rings. The van der Waals surface area contributed by atoms with Gasteiger partial charge in [-0.05, 0) is 35.9 Å². The van der Waals surface area contributed by atoms with Crippen molar-refractivity contribution in [2.45, 2.75) is 6.54 Å². The number of aromatic nitrogens is 1. The van der Waals surface area contributed by atoms with Gasteiger partial charge in [0.1, 0.15) is 0 Å². The van der Waals surface area contributed by atoms with E-state index in [1.54, 1.807) is 6.07 Å². The third-order valence-corrected chi connectivity index (χ3v) is 4.63. The first-order valence-corrected chi connectivity index (χ1v) is 7.99. The van der Waals surface area contributed by atoms with Crippen LogP contribution in [0.25, 0.3) is 21.8 Å².